The van der Waals surface area contributed by atoms with Crippen LogP contribution in [0.2, 0.25) is 0 Å². The highest BCUT2D eigenvalue weighted by Crippen LogP contribution is 2.31. The summed E-state index contributed by atoms with van der Waals surface area (Å²) in [5.74, 6) is -1.01. The lowest BCUT2D eigenvalue weighted by Gasteiger charge is -2.27. The summed E-state index contributed by atoms with van der Waals surface area (Å²) in [6, 6.07) is 0. The number of rotatable bonds is 2. The third kappa shape index (κ3) is 2.99. The molecule has 0 saturated heterocycles. The van der Waals surface area contributed by atoms with Crippen molar-refractivity contribution in [3.05, 3.63) is 0 Å². The lowest BCUT2D eigenvalue weighted by Crippen LogP contribution is -2.33. The Balaban J connectivity index is 2.54. The van der Waals surface area contributed by atoms with Gasteiger partial charge < -0.3 is 9.84 Å². The minimum Gasteiger partial charge on any atom is -0.481 e. The molecule has 1 saturated carbocycles. The molecule has 1 aliphatic carbocycles. The summed E-state index contributed by atoms with van der Waals surface area (Å²) in [5.41, 5.74) is -0.233. The molecule has 0 spiro atoms. The third-order valence-corrected chi connectivity index (χ3v) is 2.27. The van der Waals surface area contributed by atoms with Crippen LogP contribution in [0.15, 0.2) is 0 Å². The molecule has 0 heterocycles. The van der Waals surface area contributed by atoms with Crippen molar-refractivity contribution in [2.45, 2.75) is 51.7 Å². The highest BCUT2D eigenvalue weighted by molar-refractivity contribution is 5.71. The molecule has 1 rings (SSSR count). The highest BCUT2D eigenvalue weighted by Gasteiger charge is 2.35. The van der Waals surface area contributed by atoms with Crippen LogP contribution in [0.5, 0.6) is 0 Å². The van der Waals surface area contributed by atoms with Crippen LogP contribution in [-0.4, -0.2) is 22.8 Å². The van der Waals surface area contributed by atoms with Gasteiger partial charge in [-0.15, -0.1) is 0 Å². The lowest BCUT2D eigenvalue weighted by atomic mass is 10.1. The van der Waals surface area contributed by atoms with E-state index in [1.54, 1.807) is 0 Å². The van der Waals surface area contributed by atoms with Crippen molar-refractivity contribution in [3.8, 4) is 0 Å². The fraction of sp³-hybridized carbons (Fsp3) is 0.900. The Labute approximate surface area is 79.1 Å². The van der Waals surface area contributed by atoms with Crippen molar-refractivity contribution < 1.29 is 14.6 Å². The number of ether oxygens (including phenoxy) is 1. The summed E-state index contributed by atoms with van der Waals surface area (Å²) >= 11 is 0. The van der Waals surface area contributed by atoms with Crippen molar-refractivity contribution in [2.24, 2.45) is 5.92 Å². The van der Waals surface area contributed by atoms with Crippen LogP contribution in [0.25, 0.3) is 0 Å². The van der Waals surface area contributed by atoms with Gasteiger partial charge in [-0.2, -0.15) is 0 Å². The van der Waals surface area contributed by atoms with Gasteiger partial charge >= 0.3 is 5.97 Å². The van der Waals surface area contributed by atoms with Gasteiger partial charge in [0.1, 0.15) is 0 Å². The summed E-state index contributed by atoms with van der Waals surface area (Å²) < 4.78 is 5.69. The van der Waals surface area contributed by atoms with E-state index in [0.29, 0.717) is 0 Å². The Morgan fingerprint density at radius 1 is 1.38 bits per heavy atom. The van der Waals surface area contributed by atoms with Gasteiger partial charge in [0, 0.05) is 0 Å². The van der Waals surface area contributed by atoms with Crippen molar-refractivity contribution >= 4 is 5.97 Å². The maximum atomic E-state index is 10.8. The van der Waals surface area contributed by atoms with E-state index < -0.39 is 5.97 Å². The van der Waals surface area contributed by atoms with E-state index in [2.05, 4.69) is 0 Å². The minimum absolute atomic E-state index is 0.0856. The van der Waals surface area contributed by atoms with Crippen LogP contribution < -0.4 is 0 Å². The first kappa shape index (κ1) is 10.5. The molecule has 0 aromatic heterocycles. The van der Waals surface area contributed by atoms with E-state index in [1.165, 1.54) is 0 Å². The van der Waals surface area contributed by atoms with E-state index in [0.717, 1.165) is 19.3 Å². The molecule has 3 heteroatoms. The Morgan fingerprint density at radius 3 is 2.46 bits per heavy atom. The first-order chi connectivity index (χ1) is 5.90. The van der Waals surface area contributed by atoms with Crippen LogP contribution in [0.4, 0.5) is 0 Å². The number of carboxylic acid groups (broad SMARTS) is 1. The average molecular weight is 186 g/mol. The van der Waals surface area contributed by atoms with Crippen molar-refractivity contribution in [1.29, 1.82) is 0 Å². The number of carboxylic acids is 1. The second kappa shape index (κ2) is 3.66. The zero-order valence-electron chi connectivity index (χ0n) is 8.54. The van der Waals surface area contributed by atoms with Gasteiger partial charge in [-0.1, -0.05) is 0 Å². The Kier molecular flexibility index (Phi) is 2.96. The summed E-state index contributed by atoms with van der Waals surface area (Å²) in [6.45, 7) is 5.89. The zero-order chi connectivity index (χ0) is 10.1. The molecule has 13 heavy (non-hydrogen) atoms. The second-order valence-electron chi connectivity index (χ2n) is 4.64. The van der Waals surface area contributed by atoms with Crippen LogP contribution in [0.1, 0.15) is 40.0 Å². The Hall–Kier alpha value is -0.570. The molecule has 1 N–H and O–H groups in total. The molecule has 0 amide bonds. The van der Waals surface area contributed by atoms with Crippen LogP contribution in [-0.2, 0) is 9.53 Å². The summed E-state index contributed by atoms with van der Waals surface area (Å²) in [4.78, 5) is 10.8. The summed E-state index contributed by atoms with van der Waals surface area (Å²) in [5, 5.41) is 8.90. The Bertz CT molecular complexity index is 193. The molecule has 0 aromatic carbocycles. The van der Waals surface area contributed by atoms with Gasteiger partial charge in [-0.3, -0.25) is 4.79 Å². The smallest absolute Gasteiger partial charge is 0.309 e. The zero-order valence-corrected chi connectivity index (χ0v) is 8.54. The fourth-order valence-corrected chi connectivity index (χ4v) is 1.80. The first-order valence-corrected chi connectivity index (χ1v) is 4.81. The van der Waals surface area contributed by atoms with E-state index in [1.807, 2.05) is 20.8 Å². The number of hydrogen-bond acceptors (Lipinski definition) is 2. The molecule has 2 unspecified atom stereocenters. The quantitative estimate of drug-likeness (QED) is 0.718. The van der Waals surface area contributed by atoms with Crippen molar-refractivity contribution in [1.82, 2.24) is 0 Å². The van der Waals surface area contributed by atoms with E-state index in [-0.39, 0.29) is 17.6 Å². The van der Waals surface area contributed by atoms with Crippen LogP contribution >= 0.6 is 0 Å². The normalized spacial score (nSPS) is 29.2. The molecule has 0 bridgehead atoms. The molecule has 0 aromatic rings. The summed E-state index contributed by atoms with van der Waals surface area (Å²) in [7, 11) is 0. The van der Waals surface area contributed by atoms with Crippen molar-refractivity contribution in [3.63, 3.8) is 0 Å². The molecule has 3 nitrogen and oxygen atoms in total. The molecular formula is C10H18O3. The lowest BCUT2D eigenvalue weighted by molar-refractivity contribution is -0.150. The van der Waals surface area contributed by atoms with Gasteiger partial charge in [-0.25, -0.2) is 0 Å². The Morgan fingerprint density at radius 2 is 2.00 bits per heavy atom. The SMILES string of the molecule is CC(C)(C)OC1CCCC1C(=O)O. The first-order valence-electron chi connectivity index (χ1n) is 4.81. The van der Waals surface area contributed by atoms with Gasteiger partial charge in [-0.05, 0) is 40.0 Å². The van der Waals surface area contributed by atoms with Crippen molar-refractivity contribution in [2.75, 3.05) is 0 Å². The predicted molar refractivity (Wildman–Crippen MR) is 49.6 cm³/mol. The monoisotopic (exact) mass is 186 g/mol. The third-order valence-electron chi connectivity index (χ3n) is 2.27. The topological polar surface area (TPSA) is 46.5 Å². The standard InChI is InChI=1S/C10H18O3/c1-10(2,3)13-8-6-4-5-7(8)9(11)12/h7-8H,4-6H2,1-3H3,(H,11,12). The van der Waals surface area contributed by atoms with E-state index in [9.17, 15) is 4.79 Å². The molecular weight excluding hydrogens is 168 g/mol. The second-order valence-corrected chi connectivity index (χ2v) is 4.64. The molecule has 0 radical (unpaired) electrons. The average Bonchev–Trinajstić information content (AvgIpc) is 2.31. The minimum atomic E-state index is -0.716. The van der Waals surface area contributed by atoms with Gasteiger partial charge in [0.15, 0.2) is 0 Å². The molecule has 1 fully saturated rings. The summed E-state index contributed by atoms with van der Waals surface area (Å²) in [6.07, 6.45) is 2.53. The molecule has 0 aliphatic heterocycles. The van der Waals surface area contributed by atoms with E-state index >= 15 is 0 Å². The fourth-order valence-electron chi connectivity index (χ4n) is 1.80. The maximum absolute atomic E-state index is 10.8. The van der Waals surface area contributed by atoms with E-state index in [4.69, 9.17) is 9.84 Å². The van der Waals surface area contributed by atoms with Crippen LogP contribution in [0.3, 0.4) is 0 Å². The number of carbonyl (C=O) groups is 1. The maximum Gasteiger partial charge on any atom is 0.309 e. The number of aliphatic carboxylic acids is 1. The molecule has 1 aliphatic rings. The van der Waals surface area contributed by atoms with Gasteiger partial charge in [0.05, 0.1) is 17.6 Å². The molecule has 2 atom stereocenters. The number of hydrogen-bond donors (Lipinski definition) is 1. The van der Waals surface area contributed by atoms with Gasteiger partial charge in [0.2, 0.25) is 0 Å². The predicted octanol–water partition coefficient (Wildman–Crippen LogP) is 2.05. The van der Waals surface area contributed by atoms with Gasteiger partial charge in [0.25, 0.3) is 0 Å². The van der Waals surface area contributed by atoms with Crippen LogP contribution in [0, 0.1) is 5.92 Å². The largest absolute Gasteiger partial charge is 0.481 e. The molecule has 76 valence electrons. The highest BCUT2D eigenvalue weighted by atomic mass is 16.5.